The van der Waals surface area contributed by atoms with Gasteiger partial charge in [0.2, 0.25) is 5.88 Å². The van der Waals surface area contributed by atoms with E-state index in [1.165, 1.54) is 18.2 Å². The van der Waals surface area contributed by atoms with Crippen molar-refractivity contribution in [2.24, 2.45) is 0 Å². The number of anilines is 3. The Labute approximate surface area is 217 Å². The Hall–Kier alpha value is -4.17. The number of halogens is 4. The van der Waals surface area contributed by atoms with Gasteiger partial charge in [-0.25, -0.2) is 19.2 Å². The van der Waals surface area contributed by atoms with E-state index in [9.17, 15) is 13.2 Å². The summed E-state index contributed by atoms with van der Waals surface area (Å²) in [5.74, 6) is -0.944. The second kappa shape index (κ2) is 9.95. The molecule has 0 spiro atoms. The molecular formula is C27H24F4N6O. The van der Waals surface area contributed by atoms with E-state index in [1.807, 2.05) is 14.0 Å². The van der Waals surface area contributed by atoms with Crippen LogP contribution in [0.4, 0.5) is 40.4 Å². The van der Waals surface area contributed by atoms with Crippen LogP contribution in [0.3, 0.4) is 0 Å². The van der Waals surface area contributed by atoms with Crippen molar-refractivity contribution < 1.29 is 22.3 Å². The zero-order valence-electron chi connectivity index (χ0n) is 20.7. The third-order valence-electron chi connectivity index (χ3n) is 6.61. The highest BCUT2D eigenvalue weighted by Gasteiger charge is 2.36. The van der Waals surface area contributed by atoms with Crippen LogP contribution in [-0.4, -0.2) is 48.1 Å². The minimum Gasteiger partial charge on any atom is -0.446 e. The number of nitrogens with one attached hydrogen (secondary N) is 1. The summed E-state index contributed by atoms with van der Waals surface area (Å²) in [6.45, 7) is 11.8. The Morgan fingerprint density at radius 1 is 1.08 bits per heavy atom. The van der Waals surface area contributed by atoms with Crippen molar-refractivity contribution in [1.82, 2.24) is 14.9 Å². The standard InChI is InChI=1S/C27H24F4N6O/c1-16-12-17-4-7-22(23(28)19(17)13-16)38-26-24(32-2)25(33-15-34-26)35-18-5-6-21(20(14-18)27(29,30)31)37-10-8-36(3)9-11-37/h4-7,13-15H,8-12H2,1,3H3,(H,33,34,35). The summed E-state index contributed by atoms with van der Waals surface area (Å²) in [6, 6.07) is 7.14. The van der Waals surface area contributed by atoms with E-state index in [2.05, 4.69) is 25.0 Å². The van der Waals surface area contributed by atoms with Gasteiger partial charge in [-0.05, 0) is 50.2 Å². The molecule has 0 saturated carbocycles. The molecule has 3 aromatic rings. The van der Waals surface area contributed by atoms with Gasteiger partial charge in [0.05, 0.1) is 12.1 Å². The Bertz CT molecular complexity index is 1460. The molecule has 196 valence electrons. The number of likely N-dealkylation sites (N-methyl/N-ethyl adjacent to an activating group) is 1. The summed E-state index contributed by atoms with van der Waals surface area (Å²) < 4.78 is 62.7. The average Bonchev–Trinajstić information content (AvgIpc) is 3.27. The molecule has 1 N–H and O–H groups in total. The summed E-state index contributed by atoms with van der Waals surface area (Å²) in [7, 11) is 1.93. The van der Waals surface area contributed by atoms with Crippen LogP contribution in [0.1, 0.15) is 23.6 Å². The summed E-state index contributed by atoms with van der Waals surface area (Å²) in [4.78, 5) is 15.2. The third kappa shape index (κ3) is 4.99. The molecule has 7 nitrogen and oxygen atoms in total. The van der Waals surface area contributed by atoms with Gasteiger partial charge in [0.25, 0.3) is 5.69 Å². The van der Waals surface area contributed by atoms with Gasteiger partial charge in [0.15, 0.2) is 11.6 Å². The van der Waals surface area contributed by atoms with Crippen LogP contribution in [0.2, 0.25) is 0 Å². The van der Waals surface area contributed by atoms with Crippen molar-refractivity contribution in [3.05, 3.63) is 76.2 Å². The van der Waals surface area contributed by atoms with E-state index in [1.54, 1.807) is 17.0 Å². The average molecular weight is 525 g/mol. The molecule has 38 heavy (non-hydrogen) atoms. The van der Waals surface area contributed by atoms with E-state index >= 15 is 4.39 Å². The lowest BCUT2D eigenvalue weighted by molar-refractivity contribution is -0.137. The number of ether oxygens (including phenoxy) is 1. The molecule has 0 unspecified atom stereocenters. The van der Waals surface area contributed by atoms with Crippen LogP contribution in [0, 0.1) is 12.4 Å². The lowest BCUT2D eigenvalue weighted by Crippen LogP contribution is -2.45. The number of benzene rings is 2. The van der Waals surface area contributed by atoms with Gasteiger partial charge in [-0.3, -0.25) is 0 Å². The molecule has 0 radical (unpaired) electrons. The van der Waals surface area contributed by atoms with Gasteiger partial charge >= 0.3 is 6.18 Å². The van der Waals surface area contributed by atoms with Crippen LogP contribution < -0.4 is 15.0 Å². The monoisotopic (exact) mass is 524 g/mol. The molecule has 1 aromatic heterocycles. The van der Waals surface area contributed by atoms with Gasteiger partial charge in [-0.1, -0.05) is 17.7 Å². The van der Waals surface area contributed by atoms with Crippen LogP contribution in [0.5, 0.6) is 11.6 Å². The number of alkyl halides is 3. The second-order valence-electron chi connectivity index (χ2n) is 9.35. The third-order valence-corrected chi connectivity index (χ3v) is 6.61. The maximum Gasteiger partial charge on any atom is 0.418 e. The zero-order valence-corrected chi connectivity index (χ0v) is 20.7. The summed E-state index contributed by atoms with van der Waals surface area (Å²) >= 11 is 0. The molecule has 1 saturated heterocycles. The van der Waals surface area contributed by atoms with Crippen molar-refractivity contribution in [2.45, 2.75) is 19.5 Å². The van der Waals surface area contributed by atoms with Crippen LogP contribution >= 0.6 is 0 Å². The molecule has 2 aliphatic rings. The maximum atomic E-state index is 15.1. The van der Waals surface area contributed by atoms with Crippen LogP contribution in [0.15, 0.2) is 42.2 Å². The molecular weight excluding hydrogens is 500 g/mol. The molecule has 11 heteroatoms. The van der Waals surface area contributed by atoms with Crippen molar-refractivity contribution in [3.63, 3.8) is 0 Å². The first-order valence-electron chi connectivity index (χ1n) is 11.9. The van der Waals surface area contributed by atoms with Crippen molar-refractivity contribution in [1.29, 1.82) is 0 Å². The van der Waals surface area contributed by atoms with E-state index in [4.69, 9.17) is 11.3 Å². The van der Waals surface area contributed by atoms with E-state index in [0.29, 0.717) is 38.2 Å². The van der Waals surface area contributed by atoms with Gasteiger partial charge in [-0.2, -0.15) is 13.2 Å². The molecule has 0 bridgehead atoms. The minimum atomic E-state index is -4.59. The molecule has 2 heterocycles. The van der Waals surface area contributed by atoms with Gasteiger partial charge in [0, 0.05) is 43.1 Å². The smallest absolute Gasteiger partial charge is 0.418 e. The van der Waals surface area contributed by atoms with Crippen molar-refractivity contribution >= 4 is 29.0 Å². The first-order valence-corrected chi connectivity index (χ1v) is 11.9. The lowest BCUT2D eigenvalue weighted by atomic mass is 10.1. The molecule has 1 aliphatic heterocycles. The highest BCUT2D eigenvalue weighted by Crippen LogP contribution is 2.42. The van der Waals surface area contributed by atoms with Gasteiger partial charge in [0.1, 0.15) is 12.1 Å². The predicted octanol–water partition coefficient (Wildman–Crippen LogP) is 6.43. The van der Waals surface area contributed by atoms with Gasteiger partial charge < -0.3 is 19.9 Å². The number of hydrogen-bond acceptors (Lipinski definition) is 6. The predicted molar refractivity (Wildman–Crippen MR) is 137 cm³/mol. The molecule has 0 amide bonds. The van der Waals surface area contributed by atoms with E-state index in [0.717, 1.165) is 23.5 Å². The number of aromatic nitrogens is 2. The van der Waals surface area contributed by atoms with Crippen LogP contribution in [0.25, 0.3) is 10.9 Å². The fraction of sp³-hybridized carbons (Fsp3) is 0.296. The second-order valence-corrected chi connectivity index (χ2v) is 9.35. The fourth-order valence-corrected chi connectivity index (χ4v) is 4.63. The fourth-order valence-electron chi connectivity index (χ4n) is 4.63. The first kappa shape index (κ1) is 25.5. The van der Waals surface area contributed by atoms with Gasteiger partial charge in [-0.15, -0.1) is 0 Å². The Kier molecular flexibility index (Phi) is 6.67. The van der Waals surface area contributed by atoms with Crippen molar-refractivity contribution in [3.8, 4) is 11.6 Å². The van der Waals surface area contributed by atoms with Crippen molar-refractivity contribution in [2.75, 3.05) is 43.4 Å². The maximum absolute atomic E-state index is 15.1. The summed E-state index contributed by atoms with van der Waals surface area (Å²) in [6.07, 6.45) is -1.10. The Morgan fingerprint density at radius 2 is 1.84 bits per heavy atom. The number of allylic oxidation sites excluding steroid dienone is 1. The number of fused-ring (bicyclic) bond motifs is 1. The molecule has 5 rings (SSSR count). The normalized spacial score (nSPS) is 15.6. The quantitative estimate of drug-likeness (QED) is 0.307. The molecule has 2 aromatic carbocycles. The minimum absolute atomic E-state index is 0.0530. The first-order chi connectivity index (χ1) is 18.1. The van der Waals surface area contributed by atoms with Crippen LogP contribution in [-0.2, 0) is 12.6 Å². The lowest BCUT2D eigenvalue weighted by Gasteiger charge is -2.35. The SMILES string of the molecule is [C-]#[N+]c1c(Nc2ccc(N3CCN(C)CC3)c(C(F)(F)F)c2)ncnc1Oc1ccc2c(c1F)C=C(C)C2. The topological polar surface area (TPSA) is 57.9 Å². The van der Waals surface area contributed by atoms with E-state index < -0.39 is 17.6 Å². The highest BCUT2D eigenvalue weighted by atomic mass is 19.4. The number of nitrogens with zero attached hydrogens (tertiary/aromatic N) is 5. The largest absolute Gasteiger partial charge is 0.446 e. The summed E-state index contributed by atoms with van der Waals surface area (Å²) in [5.41, 5.74) is 1.50. The molecule has 0 atom stereocenters. The number of rotatable bonds is 5. The molecule has 1 fully saturated rings. The Morgan fingerprint density at radius 3 is 2.55 bits per heavy atom. The summed E-state index contributed by atoms with van der Waals surface area (Å²) in [5, 5.41) is 2.79. The molecule has 1 aliphatic carbocycles. The number of hydrogen-bond donors (Lipinski definition) is 1. The number of piperazine rings is 1. The zero-order chi connectivity index (χ0) is 27.0. The van der Waals surface area contributed by atoms with E-state index in [-0.39, 0.29) is 34.5 Å². The Balaban J connectivity index is 1.44. The highest BCUT2D eigenvalue weighted by molar-refractivity contribution is 5.77.